The summed E-state index contributed by atoms with van der Waals surface area (Å²) in [6.45, 7) is 6.34. The van der Waals surface area contributed by atoms with Gasteiger partial charge in [0.2, 0.25) is 11.3 Å². The number of halogens is 1. The van der Waals surface area contributed by atoms with Crippen molar-refractivity contribution in [1.29, 1.82) is 0 Å². The molecule has 0 spiro atoms. The Morgan fingerprint density at radius 1 is 1.42 bits per heavy atom. The topological polar surface area (TPSA) is 149 Å². The van der Waals surface area contributed by atoms with Crippen molar-refractivity contribution in [2.24, 2.45) is 10.9 Å². The van der Waals surface area contributed by atoms with E-state index in [0.29, 0.717) is 4.90 Å². The molecule has 2 rings (SSSR count). The van der Waals surface area contributed by atoms with Crippen molar-refractivity contribution in [2.75, 3.05) is 17.3 Å². The van der Waals surface area contributed by atoms with Gasteiger partial charge in [-0.15, -0.1) is 11.8 Å². The smallest absolute Gasteiger partial charge is 0.408 e. The van der Waals surface area contributed by atoms with Crippen LogP contribution in [0.1, 0.15) is 33.3 Å². The Morgan fingerprint density at radius 2 is 2.06 bits per heavy atom. The van der Waals surface area contributed by atoms with E-state index in [9.17, 15) is 22.4 Å². The summed E-state index contributed by atoms with van der Waals surface area (Å²) in [6.07, 6.45) is 0.209. The molecule has 0 aliphatic carbocycles. The van der Waals surface area contributed by atoms with E-state index >= 15 is 0 Å². The minimum Gasteiger partial charge on any atom is -0.444 e. The molecule has 2 atom stereocenters. The van der Waals surface area contributed by atoms with Crippen LogP contribution in [0, 0.1) is 5.82 Å². The Balaban J connectivity index is 2.20. The molecule has 10 nitrogen and oxygen atoms in total. The summed E-state index contributed by atoms with van der Waals surface area (Å²) in [6, 6.07) is 1.51. The molecule has 1 heterocycles. The number of nitrogens with zero attached hydrogens (tertiary/aromatic N) is 1. The molecule has 13 heteroatoms. The van der Waals surface area contributed by atoms with E-state index < -0.39 is 50.6 Å². The second-order valence-electron chi connectivity index (χ2n) is 7.81. The van der Waals surface area contributed by atoms with Gasteiger partial charge in [-0.3, -0.25) is 4.79 Å². The number of alkyl carbamates (subject to hydrolysis) is 1. The van der Waals surface area contributed by atoms with Gasteiger partial charge in [0.25, 0.3) is 0 Å². The average molecular weight is 477 g/mol. The number of sulfone groups is 1. The fourth-order valence-electron chi connectivity index (χ4n) is 2.25. The Hall–Kier alpha value is -2.54. The highest BCUT2D eigenvalue weighted by Crippen LogP contribution is 2.33. The third-order valence-electron chi connectivity index (χ3n) is 3.92. The summed E-state index contributed by atoms with van der Waals surface area (Å²) in [5.41, 5.74) is 3.82. The van der Waals surface area contributed by atoms with Gasteiger partial charge in [-0.2, -0.15) is 0 Å². The first kappa shape index (κ1) is 24.7. The third-order valence-corrected chi connectivity index (χ3v) is 6.36. The summed E-state index contributed by atoms with van der Waals surface area (Å²) in [5, 5.41) is 8.58. The number of nitrogens with one attached hydrogen (secondary N) is 2. The van der Waals surface area contributed by atoms with Gasteiger partial charge < -0.3 is 25.9 Å². The molecule has 0 aromatic heterocycles. The normalized spacial score (nSPS) is 18.3. The van der Waals surface area contributed by atoms with E-state index in [-0.39, 0.29) is 17.0 Å². The molecule has 1 unspecified atom stereocenters. The van der Waals surface area contributed by atoms with E-state index in [1.807, 2.05) is 0 Å². The van der Waals surface area contributed by atoms with Crippen molar-refractivity contribution in [1.82, 2.24) is 5.32 Å². The summed E-state index contributed by atoms with van der Waals surface area (Å²) in [4.78, 5) is 29.7. The number of hydrogen-bond donors (Lipinski definition) is 3. The SMILES string of the molecule is CC(O/N=C(\N)c1cc2c(cc1F)SC[C@H](NC(=O)OC(C)(C)C)C(=O)N2)S(C)(=O)=O. The van der Waals surface area contributed by atoms with Gasteiger partial charge in [0.15, 0.2) is 15.7 Å². The molecule has 1 aliphatic heterocycles. The van der Waals surface area contributed by atoms with Gasteiger partial charge in [-0.25, -0.2) is 17.6 Å². The lowest BCUT2D eigenvalue weighted by atomic mass is 10.1. The first-order valence-corrected chi connectivity index (χ1v) is 12.1. The molecule has 4 N–H and O–H groups in total. The molecule has 0 saturated carbocycles. The predicted molar refractivity (Wildman–Crippen MR) is 115 cm³/mol. The highest BCUT2D eigenvalue weighted by molar-refractivity contribution is 7.99. The zero-order chi connectivity index (χ0) is 23.6. The van der Waals surface area contributed by atoms with Crippen molar-refractivity contribution >= 4 is 45.1 Å². The fraction of sp³-hybridized carbons (Fsp3) is 0.500. The molecular weight excluding hydrogens is 451 g/mol. The zero-order valence-corrected chi connectivity index (χ0v) is 19.3. The molecule has 0 radical (unpaired) electrons. The van der Waals surface area contributed by atoms with Crippen molar-refractivity contribution in [3.63, 3.8) is 0 Å². The maximum atomic E-state index is 14.6. The first-order chi connectivity index (χ1) is 14.2. The number of rotatable bonds is 5. The molecule has 0 saturated heterocycles. The Kier molecular flexibility index (Phi) is 7.42. The maximum absolute atomic E-state index is 14.6. The highest BCUT2D eigenvalue weighted by Gasteiger charge is 2.29. The van der Waals surface area contributed by atoms with Gasteiger partial charge in [-0.1, -0.05) is 5.16 Å². The third kappa shape index (κ3) is 6.99. The Morgan fingerprint density at radius 3 is 2.65 bits per heavy atom. The predicted octanol–water partition coefficient (Wildman–Crippen LogP) is 1.79. The standard InChI is InChI=1S/C18H25FN4O6S2/c1-9(31(5,26)27)29-23-15(20)10-6-12-14(7-11(10)19)30-8-13(16(24)21-12)22-17(25)28-18(2,3)4/h6-7,9,13H,8H2,1-5H3,(H2,20,23)(H,21,24)(H,22,25)/t9?,13-/m0/s1. The van der Waals surface area contributed by atoms with E-state index in [2.05, 4.69) is 15.8 Å². The molecule has 172 valence electrons. The van der Waals surface area contributed by atoms with Crippen LogP contribution in [0.3, 0.4) is 0 Å². The molecule has 0 fully saturated rings. The highest BCUT2D eigenvalue weighted by atomic mass is 32.2. The van der Waals surface area contributed by atoms with Gasteiger partial charge in [0.1, 0.15) is 17.5 Å². The summed E-state index contributed by atoms with van der Waals surface area (Å²) in [5.74, 6) is -1.51. The number of ether oxygens (including phenoxy) is 1. The number of amidine groups is 1. The molecule has 0 bridgehead atoms. The number of hydrogen-bond acceptors (Lipinski definition) is 8. The molecule has 1 aliphatic rings. The van der Waals surface area contributed by atoms with Crippen LogP contribution in [-0.2, 0) is 24.2 Å². The number of nitrogens with two attached hydrogens (primary N) is 1. The Bertz CT molecular complexity index is 1010. The minimum absolute atomic E-state index is 0.148. The monoisotopic (exact) mass is 476 g/mol. The van der Waals surface area contributed by atoms with Crippen LogP contribution in [0.25, 0.3) is 0 Å². The number of carbonyl (C=O) groups is 2. The summed E-state index contributed by atoms with van der Waals surface area (Å²) < 4.78 is 42.5. The van der Waals surface area contributed by atoms with Crippen molar-refractivity contribution in [3.8, 4) is 0 Å². The van der Waals surface area contributed by atoms with Gasteiger partial charge in [0.05, 0.1) is 11.3 Å². The Labute approximate surface area is 184 Å². The largest absolute Gasteiger partial charge is 0.444 e. The summed E-state index contributed by atoms with van der Waals surface area (Å²) >= 11 is 1.15. The molecule has 1 aromatic carbocycles. The number of thioether (sulfide) groups is 1. The number of benzene rings is 1. The van der Waals surface area contributed by atoms with Crippen LogP contribution in [-0.4, -0.2) is 55.3 Å². The first-order valence-electron chi connectivity index (χ1n) is 9.12. The molecule has 31 heavy (non-hydrogen) atoms. The van der Waals surface area contributed by atoms with Gasteiger partial charge in [-0.05, 0) is 39.8 Å². The van der Waals surface area contributed by atoms with Crippen LogP contribution in [0.2, 0.25) is 0 Å². The number of fused-ring (bicyclic) bond motifs is 1. The second kappa shape index (κ2) is 9.30. The van der Waals surface area contributed by atoms with E-state index in [0.717, 1.165) is 24.1 Å². The van der Waals surface area contributed by atoms with Crippen LogP contribution < -0.4 is 16.4 Å². The lowest BCUT2D eigenvalue weighted by Gasteiger charge is -2.22. The number of amides is 2. The summed E-state index contributed by atoms with van der Waals surface area (Å²) in [7, 11) is -3.53. The van der Waals surface area contributed by atoms with Crippen molar-refractivity contribution in [2.45, 2.75) is 49.7 Å². The zero-order valence-electron chi connectivity index (χ0n) is 17.7. The van der Waals surface area contributed by atoms with Crippen molar-refractivity contribution < 1.29 is 32.0 Å². The number of oxime groups is 1. The van der Waals surface area contributed by atoms with Crippen LogP contribution in [0.4, 0.5) is 14.9 Å². The van der Waals surface area contributed by atoms with Crippen LogP contribution >= 0.6 is 11.8 Å². The molecule has 1 aromatic rings. The van der Waals surface area contributed by atoms with E-state index in [4.69, 9.17) is 15.3 Å². The molecule has 2 amide bonds. The lowest BCUT2D eigenvalue weighted by molar-refractivity contribution is -0.117. The van der Waals surface area contributed by atoms with Crippen LogP contribution in [0.5, 0.6) is 0 Å². The fourth-order valence-corrected chi connectivity index (χ4v) is 3.48. The maximum Gasteiger partial charge on any atom is 0.408 e. The van der Waals surface area contributed by atoms with Gasteiger partial charge in [0, 0.05) is 16.9 Å². The van der Waals surface area contributed by atoms with E-state index in [1.54, 1.807) is 20.8 Å². The minimum atomic E-state index is -3.53. The van der Waals surface area contributed by atoms with Crippen molar-refractivity contribution in [3.05, 3.63) is 23.5 Å². The average Bonchev–Trinajstić information content (AvgIpc) is 2.75. The molecular formula is C18H25FN4O6S2. The van der Waals surface area contributed by atoms with Crippen LogP contribution in [0.15, 0.2) is 22.2 Å². The van der Waals surface area contributed by atoms with E-state index in [1.165, 1.54) is 13.0 Å². The quantitative estimate of drug-likeness (QED) is 0.331. The number of anilines is 1. The van der Waals surface area contributed by atoms with Gasteiger partial charge >= 0.3 is 6.09 Å². The second-order valence-corrected chi connectivity index (χ2v) is 11.2. The number of carbonyl (C=O) groups excluding carboxylic acids is 2. The lowest BCUT2D eigenvalue weighted by Crippen LogP contribution is -2.46.